The summed E-state index contributed by atoms with van der Waals surface area (Å²) >= 11 is 0. The fourth-order valence-electron chi connectivity index (χ4n) is 3.37. The van der Waals surface area contributed by atoms with Gasteiger partial charge in [-0.25, -0.2) is 9.37 Å². The highest BCUT2D eigenvalue weighted by atomic mass is 19.1. The Morgan fingerprint density at radius 1 is 1.26 bits per heavy atom. The Labute approximate surface area is 134 Å². The van der Waals surface area contributed by atoms with Crippen LogP contribution in [0.25, 0.3) is 11.0 Å². The maximum Gasteiger partial charge on any atom is 0.125 e. The summed E-state index contributed by atoms with van der Waals surface area (Å²) in [5.74, 6) is 0.718. The van der Waals surface area contributed by atoms with Crippen LogP contribution in [0.4, 0.5) is 4.39 Å². The minimum Gasteiger partial charge on any atom is -0.341 e. The molecule has 23 heavy (non-hydrogen) atoms. The van der Waals surface area contributed by atoms with Crippen LogP contribution in [-0.4, -0.2) is 32.9 Å². The molecule has 0 saturated carbocycles. The monoisotopic (exact) mass is 310 g/mol. The average molecular weight is 310 g/mol. The third-order valence-corrected chi connectivity index (χ3v) is 4.52. The molecule has 1 fully saturated rings. The number of halogens is 1. The Kier molecular flexibility index (Phi) is 3.79. The highest BCUT2D eigenvalue weighted by molar-refractivity contribution is 5.75. The third kappa shape index (κ3) is 2.97. The number of fused-ring (bicyclic) bond motifs is 1. The number of nitrogens with one attached hydrogen (secondary N) is 1. The topological polar surface area (TPSA) is 44.8 Å². The molecular weight excluding hydrogens is 291 g/mol. The van der Waals surface area contributed by atoms with Crippen LogP contribution in [0.15, 0.2) is 42.6 Å². The maximum absolute atomic E-state index is 13.3. The van der Waals surface area contributed by atoms with Crippen LogP contribution in [0, 0.1) is 5.82 Å². The summed E-state index contributed by atoms with van der Waals surface area (Å²) in [5, 5.41) is 0. The first-order chi connectivity index (χ1) is 11.3. The van der Waals surface area contributed by atoms with Crippen molar-refractivity contribution < 1.29 is 4.39 Å². The molecule has 0 aliphatic carbocycles. The second kappa shape index (κ2) is 6.08. The summed E-state index contributed by atoms with van der Waals surface area (Å²) in [4.78, 5) is 14.8. The van der Waals surface area contributed by atoms with Crippen LogP contribution < -0.4 is 0 Å². The first-order valence-electron chi connectivity index (χ1n) is 8.09. The van der Waals surface area contributed by atoms with Gasteiger partial charge in [-0.2, -0.15) is 0 Å². The van der Waals surface area contributed by atoms with E-state index in [4.69, 9.17) is 0 Å². The van der Waals surface area contributed by atoms with Gasteiger partial charge in [-0.1, -0.05) is 6.07 Å². The molecule has 1 aliphatic heterocycles. The molecule has 0 amide bonds. The van der Waals surface area contributed by atoms with Crippen LogP contribution in [-0.2, 0) is 6.42 Å². The first kappa shape index (κ1) is 14.3. The lowest BCUT2D eigenvalue weighted by molar-refractivity contribution is 0.252. The van der Waals surface area contributed by atoms with Crippen molar-refractivity contribution in [3.05, 3.63) is 59.9 Å². The number of rotatable bonds is 4. The lowest BCUT2D eigenvalue weighted by Crippen LogP contribution is -2.26. The van der Waals surface area contributed by atoms with E-state index >= 15 is 0 Å². The fourth-order valence-corrected chi connectivity index (χ4v) is 3.37. The molecule has 0 unspecified atom stereocenters. The second-order valence-corrected chi connectivity index (χ2v) is 6.05. The SMILES string of the molecule is Fc1ccc2nc([C@H]3CCCN3CCc3ccccn3)[nH]c2c1. The second-order valence-electron chi connectivity index (χ2n) is 6.05. The molecule has 4 nitrogen and oxygen atoms in total. The molecule has 5 heteroatoms. The number of nitrogens with zero attached hydrogens (tertiary/aromatic N) is 3. The zero-order chi connectivity index (χ0) is 15.6. The average Bonchev–Trinajstić information content (AvgIpc) is 3.19. The van der Waals surface area contributed by atoms with E-state index in [0.717, 1.165) is 54.9 Å². The fraction of sp³-hybridized carbons (Fsp3) is 0.333. The van der Waals surface area contributed by atoms with E-state index in [9.17, 15) is 4.39 Å². The molecule has 1 atom stereocenters. The number of pyridine rings is 1. The summed E-state index contributed by atoms with van der Waals surface area (Å²) < 4.78 is 13.3. The number of hydrogen-bond acceptors (Lipinski definition) is 3. The summed E-state index contributed by atoms with van der Waals surface area (Å²) in [7, 11) is 0. The summed E-state index contributed by atoms with van der Waals surface area (Å²) in [6.45, 7) is 2.04. The molecule has 1 aromatic carbocycles. The number of aromatic nitrogens is 3. The van der Waals surface area contributed by atoms with E-state index in [1.807, 2.05) is 18.3 Å². The van der Waals surface area contributed by atoms with Gasteiger partial charge in [0.2, 0.25) is 0 Å². The van der Waals surface area contributed by atoms with Crippen molar-refractivity contribution >= 4 is 11.0 Å². The van der Waals surface area contributed by atoms with E-state index in [-0.39, 0.29) is 11.9 Å². The van der Waals surface area contributed by atoms with Crippen molar-refractivity contribution in [2.24, 2.45) is 0 Å². The molecule has 1 aliphatic rings. The predicted octanol–water partition coefficient (Wildman–Crippen LogP) is 3.48. The Bertz CT molecular complexity index is 799. The predicted molar refractivity (Wildman–Crippen MR) is 87.5 cm³/mol. The van der Waals surface area contributed by atoms with Crippen LogP contribution in [0.1, 0.15) is 30.4 Å². The van der Waals surface area contributed by atoms with Gasteiger partial charge in [0, 0.05) is 24.9 Å². The Morgan fingerprint density at radius 2 is 2.22 bits per heavy atom. The molecule has 3 heterocycles. The number of hydrogen-bond donors (Lipinski definition) is 1. The smallest absolute Gasteiger partial charge is 0.125 e. The molecule has 0 bridgehead atoms. The van der Waals surface area contributed by atoms with Gasteiger partial charge < -0.3 is 4.98 Å². The van der Waals surface area contributed by atoms with Gasteiger partial charge in [0.25, 0.3) is 0 Å². The molecule has 4 rings (SSSR count). The molecule has 1 N–H and O–H groups in total. The molecule has 0 spiro atoms. The molecule has 118 valence electrons. The Morgan fingerprint density at radius 3 is 3.09 bits per heavy atom. The minimum absolute atomic E-state index is 0.230. The molecule has 0 radical (unpaired) electrons. The first-order valence-corrected chi connectivity index (χ1v) is 8.09. The van der Waals surface area contributed by atoms with Crippen molar-refractivity contribution in [3.8, 4) is 0 Å². The van der Waals surface area contributed by atoms with Crippen LogP contribution in [0.5, 0.6) is 0 Å². The number of imidazole rings is 1. The van der Waals surface area contributed by atoms with E-state index < -0.39 is 0 Å². The van der Waals surface area contributed by atoms with E-state index in [0.29, 0.717) is 0 Å². The standard InChI is InChI=1S/C18H19FN4/c19-13-6-7-15-16(12-13)22-18(21-15)17-5-3-10-23(17)11-8-14-4-1-2-9-20-14/h1-2,4,6-7,9,12,17H,3,5,8,10-11H2,(H,21,22)/t17-/m1/s1. The number of benzene rings is 1. The van der Waals surface area contributed by atoms with Crippen molar-refractivity contribution in [3.63, 3.8) is 0 Å². The maximum atomic E-state index is 13.3. The van der Waals surface area contributed by atoms with Crippen LogP contribution in [0.3, 0.4) is 0 Å². The van der Waals surface area contributed by atoms with E-state index in [1.54, 1.807) is 6.07 Å². The zero-order valence-electron chi connectivity index (χ0n) is 12.9. The van der Waals surface area contributed by atoms with Crippen molar-refractivity contribution in [1.29, 1.82) is 0 Å². The lowest BCUT2D eigenvalue weighted by Gasteiger charge is -2.22. The van der Waals surface area contributed by atoms with Gasteiger partial charge in [-0.05, 0) is 49.7 Å². The number of aromatic amines is 1. The Balaban J connectivity index is 1.52. The Hall–Kier alpha value is -2.27. The van der Waals surface area contributed by atoms with E-state index in [1.165, 1.54) is 12.1 Å². The summed E-state index contributed by atoms with van der Waals surface area (Å²) in [5.41, 5.74) is 2.72. The summed E-state index contributed by atoms with van der Waals surface area (Å²) in [6, 6.07) is 11.0. The highest BCUT2D eigenvalue weighted by Gasteiger charge is 2.28. The van der Waals surface area contributed by atoms with Crippen LogP contribution >= 0.6 is 0 Å². The van der Waals surface area contributed by atoms with Gasteiger partial charge in [-0.3, -0.25) is 9.88 Å². The van der Waals surface area contributed by atoms with Gasteiger partial charge in [-0.15, -0.1) is 0 Å². The van der Waals surface area contributed by atoms with Gasteiger partial charge in [0.05, 0.1) is 17.1 Å². The highest BCUT2D eigenvalue weighted by Crippen LogP contribution is 2.31. The molecule has 3 aromatic rings. The van der Waals surface area contributed by atoms with Crippen LogP contribution in [0.2, 0.25) is 0 Å². The van der Waals surface area contributed by atoms with Gasteiger partial charge in [0.15, 0.2) is 0 Å². The minimum atomic E-state index is -0.230. The number of likely N-dealkylation sites (tertiary alicyclic amines) is 1. The molecule has 2 aromatic heterocycles. The third-order valence-electron chi connectivity index (χ3n) is 4.52. The molecule has 1 saturated heterocycles. The normalized spacial score (nSPS) is 18.7. The van der Waals surface area contributed by atoms with Crippen molar-refractivity contribution in [2.45, 2.75) is 25.3 Å². The van der Waals surface area contributed by atoms with Crippen molar-refractivity contribution in [1.82, 2.24) is 19.9 Å². The van der Waals surface area contributed by atoms with Gasteiger partial charge >= 0.3 is 0 Å². The van der Waals surface area contributed by atoms with E-state index in [2.05, 4.69) is 25.9 Å². The lowest BCUT2D eigenvalue weighted by atomic mass is 10.2. The quantitative estimate of drug-likeness (QED) is 0.802. The van der Waals surface area contributed by atoms with Crippen molar-refractivity contribution in [2.75, 3.05) is 13.1 Å². The van der Waals surface area contributed by atoms with Gasteiger partial charge in [0.1, 0.15) is 11.6 Å². The zero-order valence-corrected chi connectivity index (χ0v) is 12.9. The molecular formula is C18H19FN4. The largest absolute Gasteiger partial charge is 0.341 e. The number of H-pyrrole nitrogens is 1. The summed E-state index contributed by atoms with van der Waals surface area (Å²) in [6.07, 6.45) is 5.03.